The molecule has 1 aromatic carbocycles. The molecule has 5 nitrogen and oxygen atoms in total. The molecule has 0 aromatic heterocycles. The molecule has 3 N–H and O–H groups in total. The maximum absolute atomic E-state index is 12.1. The van der Waals surface area contributed by atoms with E-state index < -0.39 is 6.04 Å². The summed E-state index contributed by atoms with van der Waals surface area (Å²) in [4.78, 5) is 14.4. The fourth-order valence-corrected chi connectivity index (χ4v) is 3.06. The molecule has 1 aromatic rings. The Morgan fingerprint density at radius 1 is 1.35 bits per heavy atom. The number of nitrogens with two attached hydrogens (primary N) is 1. The lowest BCUT2D eigenvalue weighted by Crippen LogP contribution is -2.41. The molecular weight excluding hydrogens is 310 g/mol. The molecule has 1 fully saturated rings. The van der Waals surface area contributed by atoms with Gasteiger partial charge >= 0.3 is 0 Å². The molecule has 1 heterocycles. The van der Waals surface area contributed by atoms with Crippen LogP contribution in [0.25, 0.3) is 0 Å². The Kier molecular flexibility index (Phi) is 7.88. The number of morpholine rings is 1. The first kappa shape index (κ1) is 18.3. The van der Waals surface area contributed by atoms with Gasteiger partial charge < -0.3 is 15.8 Å². The van der Waals surface area contributed by atoms with Gasteiger partial charge in [-0.15, -0.1) is 0 Å². The van der Waals surface area contributed by atoms with Gasteiger partial charge in [0.05, 0.1) is 19.3 Å². The number of rotatable bonds is 8. The fraction of sp³-hybridized carbons (Fsp3) is 0.588. The van der Waals surface area contributed by atoms with E-state index in [2.05, 4.69) is 22.3 Å². The first-order valence-corrected chi connectivity index (χ1v) is 9.49. The molecule has 2 rings (SSSR count). The zero-order valence-electron chi connectivity index (χ0n) is 13.8. The van der Waals surface area contributed by atoms with E-state index in [-0.39, 0.29) is 5.91 Å². The Labute approximate surface area is 142 Å². The molecule has 1 atom stereocenters. The minimum absolute atomic E-state index is 0.0692. The third kappa shape index (κ3) is 6.14. The summed E-state index contributed by atoms with van der Waals surface area (Å²) in [5.41, 5.74) is 8.32. The van der Waals surface area contributed by atoms with Crippen molar-refractivity contribution in [2.75, 3.05) is 38.3 Å². The standard InChI is InChI=1S/C17H27N3O2S/c1-23-11-6-16(18)17(21)19-12-14-4-2-3-5-15(14)13-20-7-9-22-10-8-20/h2-5,16H,6-13,18H2,1H3,(H,19,21)/t16-/m0/s1. The maximum Gasteiger partial charge on any atom is 0.237 e. The number of nitrogens with zero attached hydrogens (tertiary/aromatic N) is 1. The van der Waals surface area contributed by atoms with Crippen LogP contribution in [0.1, 0.15) is 17.5 Å². The number of hydrogen-bond acceptors (Lipinski definition) is 5. The van der Waals surface area contributed by atoms with Crippen LogP contribution < -0.4 is 11.1 Å². The maximum atomic E-state index is 12.1. The van der Waals surface area contributed by atoms with Crippen molar-refractivity contribution in [3.05, 3.63) is 35.4 Å². The predicted molar refractivity (Wildman–Crippen MR) is 95.4 cm³/mol. The van der Waals surface area contributed by atoms with Crippen molar-refractivity contribution in [3.63, 3.8) is 0 Å². The van der Waals surface area contributed by atoms with Gasteiger partial charge in [0.15, 0.2) is 0 Å². The van der Waals surface area contributed by atoms with E-state index in [0.29, 0.717) is 13.0 Å². The van der Waals surface area contributed by atoms with E-state index >= 15 is 0 Å². The summed E-state index contributed by atoms with van der Waals surface area (Å²) in [7, 11) is 0. The molecule has 0 bridgehead atoms. The Morgan fingerprint density at radius 2 is 2.04 bits per heavy atom. The van der Waals surface area contributed by atoms with Crippen molar-refractivity contribution in [1.29, 1.82) is 0 Å². The zero-order chi connectivity index (χ0) is 16.5. The van der Waals surface area contributed by atoms with E-state index in [1.54, 1.807) is 11.8 Å². The summed E-state index contributed by atoms with van der Waals surface area (Å²) in [5.74, 6) is 0.836. The van der Waals surface area contributed by atoms with Crippen molar-refractivity contribution in [2.24, 2.45) is 5.73 Å². The molecule has 0 saturated carbocycles. The van der Waals surface area contributed by atoms with Crippen LogP contribution in [0.5, 0.6) is 0 Å². The Hall–Kier alpha value is -1.08. The first-order valence-electron chi connectivity index (χ1n) is 8.10. The summed E-state index contributed by atoms with van der Waals surface area (Å²) < 4.78 is 5.39. The second-order valence-corrected chi connectivity index (χ2v) is 6.75. The van der Waals surface area contributed by atoms with Gasteiger partial charge in [-0.1, -0.05) is 24.3 Å². The highest BCUT2D eigenvalue weighted by molar-refractivity contribution is 7.98. The summed E-state index contributed by atoms with van der Waals surface area (Å²) in [6, 6.07) is 7.84. The number of hydrogen-bond donors (Lipinski definition) is 2. The molecule has 1 aliphatic heterocycles. The van der Waals surface area contributed by atoms with Gasteiger partial charge in [-0.2, -0.15) is 11.8 Å². The van der Waals surface area contributed by atoms with Gasteiger partial charge in [-0.05, 0) is 29.6 Å². The molecule has 6 heteroatoms. The van der Waals surface area contributed by atoms with Gasteiger partial charge in [0.25, 0.3) is 0 Å². The summed E-state index contributed by atoms with van der Waals surface area (Å²) in [6.07, 6.45) is 2.73. The van der Waals surface area contributed by atoms with Gasteiger partial charge in [0.2, 0.25) is 5.91 Å². The molecule has 0 spiro atoms. The number of carbonyl (C=O) groups excluding carboxylic acids is 1. The first-order chi connectivity index (χ1) is 11.2. The Balaban J connectivity index is 1.88. The third-order valence-corrected chi connectivity index (χ3v) is 4.68. The molecular formula is C17H27N3O2S. The van der Waals surface area contributed by atoms with Gasteiger partial charge in [0, 0.05) is 26.2 Å². The van der Waals surface area contributed by atoms with Crippen LogP contribution >= 0.6 is 11.8 Å². The summed E-state index contributed by atoms with van der Waals surface area (Å²) >= 11 is 1.71. The summed E-state index contributed by atoms with van der Waals surface area (Å²) in [6.45, 7) is 4.94. The summed E-state index contributed by atoms with van der Waals surface area (Å²) in [5, 5.41) is 2.97. The van der Waals surface area contributed by atoms with Gasteiger partial charge in [0.1, 0.15) is 0 Å². The molecule has 1 amide bonds. The number of nitrogens with one attached hydrogen (secondary N) is 1. The smallest absolute Gasteiger partial charge is 0.237 e. The predicted octanol–water partition coefficient (Wildman–Crippen LogP) is 1.22. The highest BCUT2D eigenvalue weighted by atomic mass is 32.2. The highest BCUT2D eigenvalue weighted by Crippen LogP contribution is 2.13. The van der Waals surface area contributed by atoms with Crippen LogP contribution in [0.3, 0.4) is 0 Å². The highest BCUT2D eigenvalue weighted by Gasteiger charge is 2.15. The van der Waals surface area contributed by atoms with Crippen LogP contribution in [-0.4, -0.2) is 55.2 Å². The van der Waals surface area contributed by atoms with E-state index in [4.69, 9.17) is 10.5 Å². The average molecular weight is 337 g/mol. The van der Waals surface area contributed by atoms with E-state index in [1.807, 2.05) is 18.4 Å². The number of ether oxygens (including phenoxy) is 1. The van der Waals surface area contributed by atoms with Crippen molar-refractivity contribution >= 4 is 17.7 Å². The lowest BCUT2D eigenvalue weighted by molar-refractivity contribution is -0.122. The molecule has 0 unspecified atom stereocenters. The topological polar surface area (TPSA) is 67.6 Å². The Morgan fingerprint density at radius 3 is 2.74 bits per heavy atom. The van der Waals surface area contributed by atoms with Gasteiger partial charge in [-0.3, -0.25) is 9.69 Å². The average Bonchev–Trinajstić information content (AvgIpc) is 2.59. The number of carbonyl (C=O) groups is 1. The van der Waals surface area contributed by atoms with Crippen LogP contribution in [-0.2, 0) is 22.6 Å². The van der Waals surface area contributed by atoms with Crippen LogP contribution in [0.15, 0.2) is 24.3 Å². The second kappa shape index (κ2) is 9.93. The number of thioether (sulfide) groups is 1. The van der Waals surface area contributed by atoms with Crippen LogP contribution in [0, 0.1) is 0 Å². The minimum atomic E-state index is -0.422. The van der Waals surface area contributed by atoms with Crippen molar-refractivity contribution in [3.8, 4) is 0 Å². The van der Waals surface area contributed by atoms with Gasteiger partial charge in [-0.25, -0.2) is 0 Å². The fourth-order valence-electron chi connectivity index (χ4n) is 2.57. The lowest BCUT2D eigenvalue weighted by atomic mass is 10.1. The molecule has 1 aliphatic rings. The van der Waals surface area contributed by atoms with Crippen molar-refractivity contribution < 1.29 is 9.53 Å². The molecule has 23 heavy (non-hydrogen) atoms. The monoisotopic (exact) mass is 337 g/mol. The third-order valence-electron chi connectivity index (χ3n) is 4.04. The van der Waals surface area contributed by atoms with Crippen LogP contribution in [0.2, 0.25) is 0 Å². The minimum Gasteiger partial charge on any atom is -0.379 e. The normalized spacial score (nSPS) is 17.0. The molecule has 0 radical (unpaired) electrons. The largest absolute Gasteiger partial charge is 0.379 e. The molecule has 128 valence electrons. The quantitative estimate of drug-likeness (QED) is 0.746. The molecule has 1 saturated heterocycles. The number of amides is 1. The Bertz CT molecular complexity index is 492. The van der Waals surface area contributed by atoms with Crippen molar-refractivity contribution in [1.82, 2.24) is 10.2 Å². The van der Waals surface area contributed by atoms with E-state index in [1.165, 1.54) is 5.56 Å². The van der Waals surface area contributed by atoms with Crippen LogP contribution in [0.4, 0.5) is 0 Å². The second-order valence-electron chi connectivity index (χ2n) is 5.76. The van der Waals surface area contributed by atoms with E-state index in [0.717, 1.165) is 44.2 Å². The molecule has 0 aliphatic carbocycles. The number of benzene rings is 1. The SMILES string of the molecule is CSCC[C@H](N)C(=O)NCc1ccccc1CN1CCOCC1. The zero-order valence-corrected chi connectivity index (χ0v) is 14.6. The van der Waals surface area contributed by atoms with E-state index in [9.17, 15) is 4.79 Å². The van der Waals surface area contributed by atoms with Crippen molar-refractivity contribution in [2.45, 2.75) is 25.6 Å². The lowest BCUT2D eigenvalue weighted by Gasteiger charge is -2.27.